The number of pyridine rings is 1. The van der Waals surface area contributed by atoms with Gasteiger partial charge in [-0.05, 0) is 46.9 Å². The number of benzene rings is 3. The maximum absolute atomic E-state index is 13.1. The molecule has 1 aliphatic heterocycles. The van der Waals surface area contributed by atoms with Crippen LogP contribution in [0.5, 0.6) is 11.5 Å². The van der Waals surface area contributed by atoms with Crippen molar-refractivity contribution in [2.24, 2.45) is 5.10 Å². The van der Waals surface area contributed by atoms with E-state index in [4.69, 9.17) is 14.5 Å². The number of carbonyl (C=O) groups is 1. The lowest BCUT2D eigenvalue weighted by Crippen LogP contribution is -2.18. The van der Waals surface area contributed by atoms with Crippen molar-refractivity contribution in [1.29, 1.82) is 0 Å². The Morgan fingerprint density at radius 2 is 1.74 bits per heavy atom. The monoisotopic (exact) mass is 451 g/mol. The SMILES string of the molecule is CC(C)(C)c1ccc(-c2cc(C(=O)N/N=C\c3ccc4c(c3)OCO4)c3ccccc3n2)cc1. The van der Waals surface area contributed by atoms with Gasteiger partial charge >= 0.3 is 0 Å². The molecule has 6 heteroatoms. The Kier molecular flexibility index (Phi) is 5.49. The van der Waals surface area contributed by atoms with E-state index < -0.39 is 0 Å². The Labute approximate surface area is 198 Å². The Morgan fingerprint density at radius 1 is 0.971 bits per heavy atom. The van der Waals surface area contributed by atoms with Gasteiger partial charge in [0.1, 0.15) is 0 Å². The summed E-state index contributed by atoms with van der Waals surface area (Å²) in [6.07, 6.45) is 1.58. The molecule has 1 N–H and O–H groups in total. The molecule has 3 aromatic carbocycles. The second-order valence-electron chi connectivity index (χ2n) is 9.21. The Balaban J connectivity index is 1.43. The number of hydrogen-bond acceptors (Lipinski definition) is 5. The van der Waals surface area contributed by atoms with Crippen molar-refractivity contribution >= 4 is 23.0 Å². The van der Waals surface area contributed by atoms with Crippen LogP contribution >= 0.6 is 0 Å². The number of hydrogen-bond donors (Lipinski definition) is 1. The fourth-order valence-electron chi connectivity index (χ4n) is 3.87. The Morgan fingerprint density at radius 3 is 2.53 bits per heavy atom. The zero-order valence-corrected chi connectivity index (χ0v) is 19.3. The third-order valence-electron chi connectivity index (χ3n) is 5.78. The summed E-state index contributed by atoms with van der Waals surface area (Å²) < 4.78 is 10.7. The first-order chi connectivity index (χ1) is 16.4. The highest BCUT2D eigenvalue weighted by Gasteiger charge is 2.16. The molecule has 0 aliphatic carbocycles. The molecule has 34 heavy (non-hydrogen) atoms. The quantitative estimate of drug-likeness (QED) is 0.319. The lowest BCUT2D eigenvalue weighted by molar-refractivity contribution is 0.0956. The number of para-hydroxylation sites is 1. The Bertz CT molecular complexity index is 1400. The number of rotatable bonds is 4. The summed E-state index contributed by atoms with van der Waals surface area (Å²) in [6, 6.07) is 23.3. The highest BCUT2D eigenvalue weighted by molar-refractivity contribution is 6.07. The third kappa shape index (κ3) is 4.35. The van der Waals surface area contributed by atoms with Gasteiger partial charge in [-0.2, -0.15) is 5.10 Å². The first-order valence-electron chi connectivity index (χ1n) is 11.1. The summed E-state index contributed by atoms with van der Waals surface area (Å²) in [7, 11) is 0. The molecule has 5 rings (SSSR count). The first kappa shape index (κ1) is 21.6. The van der Waals surface area contributed by atoms with Crippen LogP contribution in [-0.4, -0.2) is 23.9 Å². The van der Waals surface area contributed by atoms with Gasteiger partial charge in [0.05, 0.1) is 23.0 Å². The number of carbonyl (C=O) groups excluding carboxylic acids is 1. The summed E-state index contributed by atoms with van der Waals surface area (Å²) in [4.78, 5) is 17.9. The molecule has 170 valence electrons. The lowest BCUT2D eigenvalue weighted by Gasteiger charge is -2.19. The average Bonchev–Trinajstić information content (AvgIpc) is 3.31. The Hall–Kier alpha value is -4.19. The van der Waals surface area contributed by atoms with Crippen LogP contribution in [0.4, 0.5) is 0 Å². The molecule has 4 aromatic rings. The molecule has 0 fully saturated rings. The maximum Gasteiger partial charge on any atom is 0.272 e. The van der Waals surface area contributed by atoms with E-state index in [0.29, 0.717) is 17.1 Å². The zero-order valence-electron chi connectivity index (χ0n) is 19.3. The molecular formula is C28H25N3O3. The van der Waals surface area contributed by atoms with Gasteiger partial charge in [0, 0.05) is 10.9 Å². The molecule has 0 saturated heterocycles. The number of hydrazone groups is 1. The number of nitrogens with one attached hydrogen (secondary N) is 1. The van der Waals surface area contributed by atoms with E-state index in [1.165, 1.54) is 5.56 Å². The largest absolute Gasteiger partial charge is 0.454 e. The standard InChI is InChI=1S/C28H25N3O3/c1-28(2,3)20-11-9-19(10-12-20)24-15-22(21-6-4-5-7-23(21)30-24)27(32)31-29-16-18-8-13-25-26(14-18)34-17-33-25/h4-16H,17H2,1-3H3,(H,31,32)/b29-16-. The first-order valence-corrected chi connectivity index (χ1v) is 11.1. The van der Waals surface area contributed by atoms with Crippen LogP contribution in [0.2, 0.25) is 0 Å². The molecule has 0 unspecified atom stereocenters. The number of ether oxygens (including phenoxy) is 2. The van der Waals surface area contributed by atoms with E-state index in [9.17, 15) is 4.79 Å². The van der Waals surface area contributed by atoms with E-state index in [1.807, 2.05) is 48.5 Å². The lowest BCUT2D eigenvalue weighted by atomic mass is 9.86. The second kappa shape index (κ2) is 8.63. The molecule has 0 radical (unpaired) electrons. The summed E-state index contributed by atoms with van der Waals surface area (Å²) in [5.74, 6) is 1.06. The third-order valence-corrected chi connectivity index (χ3v) is 5.78. The highest BCUT2D eigenvalue weighted by Crippen LogP contribution is 2.32. The second-order valence-corrected chi connectivity index (χ2v) is 9.21. The van der Waals surface area contributed by atoms with Crippen LogP contribution in [0.15, 0.2) is 77.9 Å². The number of fused-ring (bicyclic) bond motifs is 2. The average molecular weight is 452 g/mol. The van der Waals surface area contributed by atoms with Gasteiger partial charge < -0.3 is 9.47 Å². The fourth-order valence-corrected chi connectivity index (χ4v) is 3.87. The number of nitrogens with zero attached hydrogens (tertiary/aromatic N) is 2. The minimum absolute atomic E-state index is 0.0658. The van der Waals surface area contributed by atoms with Crippen molar-refractivity contribution < 1.29 is 14.3 Å². The van der Waals surface area contributed by atoms with E-state index in [0.717, 1.165) is 27.7 Å². The van der Waals surface area contributed by atoms with E-state index in [-0.39, 0.29) is 18.1 Å². The van der Waals surface area contributed by atoms with E-state index in [2.05, 4.69) is 55.6 Å². The van der Waals surface area contributed by atoms with Crippen LogP contribution in [-0.2, 0) is 5.41 Å². The number of amides is 1. The van der Waals surface area contributed by atoms with Crippen LogP contribution < -0.4 is 14.9 Å². The molecule has 1 amide bonds. The minimum Gasteiger partial charge on any atom is -0.454 e. The molecule has 0 spiro atoms. The highest BCUT2D eigenvalue weighted by atomic mass is 16.7. The van der Waals surface area contributed by atoms with Crippen molar-refractivity contribution in [1.82, 2.24) is 10.4 Å². The van der Waals surface area contributed by atoms with Gasteiger partial charge in [0.15, 0.2) is 11.5 Å². The summed E-state index contributed by atoms with van der Waals surface area (Å²) in [6.45, 7) is 6.76. The molecule has 0 bridgehead atoms. The summed E-state index contributed by atoms with van der Waals surface area (Å²) >= 11 is 0. The van der Waals surface area contributed by atoms with E-state index in [1.54, 1.807) is 6.21 Å². The topological polar surface area (TPSA) is 72.8 Å². The van der Waals surface area contributed by atoms with E-state index >= 15 is 0 Å². The van der Waals surface area contributed by atoms with Crippen molar-refractivity contribution in [2.45, 2.75) is 26.2 Å². The predicted molar refractivity (Wildman–Crippen MR) is 134 cm³/mol. The van der Waals surface area contributed by atoms with Crippen LogP contribution in [0.1, 0.15) is 42.3 Å². The van der Waals surface area contributed by atoms with Crippen molar-refractivity contribution in [3.63, 3.8) is 0 Å². The molecule has 2 heterocycles. The van der Waals surface area contributed by atoms with Crippen molar-refractivity contribution in [3.8, 4) is 22.8 Å². The summed E-state index contributed by atoms with van der Waals surface area (Å²) in [5.41, 5.74) is 7.72. The van der Waals surface area contributed by atoms with Gasteiger partial charge in [-0.1, -0.05) is 63.2 Å². The van der Waals surface area contributed by atoms with Gasteiger partial charge in [0.25, 0.3) is 5.91 Å². The molecule has 0 saturated carbocycles. The summed E-state index contributed by atoms with van der Waals surface area (Å²) in [5, 5.41) is 4.92. The normalized spacial score (nSPS) is 12.9. The molecule has 6 nitrogen and oxygen atoms in total. The maximum atomic E-state index is 13.1. The molecule has 1 aromatic heterocycles. The van der Waals surface area contributed by atoms with Gasteiger partial charge in [-0.25, -0.2) is 10.4 Å². The van der Waals surface area contributed by atoms with Gasteiger partial charge in [0.2, 0.25) is 6.79 Å². The smallest absolute Gasteiger partial charge is 0.272 e. The molecule has 0 atom stereocenters. The van der Waals surface area contributed by atoms with Crippen LogP contribution in [0, 0.1) is 0 Å². The fraction of sp³-hybridized carbons (Fsp3) is 0.179. The van der Waals surface area contributed by atoms with Gasteiger partial charge in [-0.15, -0.1) is 0 Å². The molecular weight excluding hydrogens is 426 g/mol. The number of aromatic nitrogens is 1. The van der Waals surface area contributed by atoms with Crippen molar-refractivity contribution in [3.05, 3.63) is 89.5 Å². The zero-order chi connectivity index (χ0) is 23.7. The van der Waals surface area contributed by atoms with Gasteiger partial charge in [-0.3, -0.25) is 4.79 Å². The molecule has 1 aliphatic rings. The van der Waals surface area contributed by atoms with Crippen molar-refractivity contribution in [2.75, 3.05) is 6.79 Å². The predicted octanol–water partition coefficient (Wildman–Crippen LogP) is 5.69. The minimum atomic E-state index is -0.303. The van der Waals surface area contributed by atoms with Crippen LogP contribution in [0.3, 0.4) is 0 Å². The van der Waals surface area contributed by atoms with Crippen LogP contribution in [0.25, 0.3) is 22.2 Å².